The van der Waals surface area contributed by atoms with E-state index in [-0.39, 0.29) is 17.7 Å². The minimum absolute atomic E-state index is 0.000945. The number of rotatable bonds is 5. The van der Waals surface area contributed by atoms with E-state index >= 15 is 0 Å². The maximum absolute atomic E-state index is 12.7. The van der Waals surface area contributed by atoms with Crippen LogP contribution in [0, 0.1) is 0 Å². The molecule has 0 aromatic heterocycles. The number of methoxy groups -OCH3 is 1. The van der Waals surface area contributed by atoms with Crippen LogP contribution >= 0.6 is 0 Å². The van der Waals surface area contributed by atoms with Crippen molar-refractivity contribution in [1.82, 2.24) is 0 Å². The molecular formula is C11H13F2NO3. The molecule has 1 aromatic rings. The minimum atomic E-state index is -2.68. The number of hydrogen-bond donors (Lipinski definition) is 2. The summed E-state index contributed by atoms with van der Waals surface area (Å²) in [6.45, 7) is 0. The Bertz CT molecular complexity index is 410. The van der Waals surface area contributed by atoms with Gasteiger partial charge in [0.05, 0.1) is 12.7 Å². The van der Waals surface area contributed by atoms with Crippen molar-refractivity contribution in [3.8, 4) is 5.75 Å². The Balaban J connectivity index is 2.96. The molecule has 1 atom stereocenters. The Kier molecular flexibility index (Phi) is 4.39. The normalized spacial score (nSPS) is 12.5. The predicted octanol–water partition coefficient (Wildman–Crippen LogP) is 1.59. The zero-order valence-electron chi connectivity index (χ0n) is 9.19. The van der Waals surface area contributed by atoms with E-state index in [2.05, 4.69) is 0 Å². The van der Waals surface area contributed by atoms with Crippen molar-refractivity contribution in [3.63, 3.8) is 0 Å². The number of nitrogens with two attached hydrogens (primary N) is 1. The summed E-state index contributed by atoms with van der Waals surface area (Å²) in [7, 11) is 1.30. The van der Waals surface area contributed by atoms with Crippen LogP contribution < -0.4 is 10.5 Å². The van der Waals surface area contributed by atoms with Gasteiger partial charge in [0.25, 0.3) is 6.43 Å². The molecule has 3 N–H and O–H groups in total. The Hall–Kier alpha value is -1.69. The third kappa shape index (κ3) is 3.39. The maximum atomic E-state index is 12.7. The van der Waals surface area contributed by atoms with Gasteiger partial charge >= 0.3 is 5.97 Å². The molecule has 0 amide bonds. The molecule has 0 heterocycles. The van der Waals surface area contributed by atoms with Gasteiger partial charge in [-0.3, -0.25) is 4.79 Å². The summed E-state index contributed by atoms with van der Waals surface area (Å²) < 4.78 is 30.1. The van der Waals surface area contributed by atoms with Gasteiger partial charge in [0.15, 0.2) is 0 Å². The van der Waals surface area contributed by atoms with Crippen LogP contribution in [0.2, 0.25) is 0 Å². The van der Waals surface area contributed by atoms with Crippen LogP contribution in [-0.4, -0.2) is 24.2 Å². The van der Waals surface area contributed by atoms with Gasteiger partial charge in [-0.05, 0) is 24.1 Å². The standard InChI is InChI=1S/C11H13F2NO3/c1-17-9-3-2-6(4-7(9)10(12)13)5-8(14)11(15)16/h2-4,8,10H,5,14H2,1H3,(H,15,16). The molecular weight excluding hydrogens is 232 g/mol. The highest BCUT2D eigenvalue weighted by atomic mass is 19.3. The average molecular weight is 245 g/mol. The van der Waals surface area contributed by atoms with Crippen molar-refractivity contribution in [3.05, 3.63) is 29.3 Å². The highest BCUT2D eigenvalue weighted by Gasteiger charge is 2.17. The van der Waals surface area contributed by atoms with Crippen molar-refractivity contribution in [2.24, 2.45) is 5.73 Å². The van der Waals surface area contributed by atoms with Crippen molar-refractivity contribution < 1.29 is 23.4 Å². The minimum Gasteiger partial charge on any atom is -0.496 e. The number of carboxylic acids is 1. The molecule has 0 aliphatic carbocycles. The Morgan fingerprint density at radius 3 is 2.65 bits per heavy atom. The molecule has 6 heteroatoms. The van der Waals surface area contributed by atoms with E-state index < -0.39 is 18.4 Å². The van der Waals surface area contributed by atoms with Crippen molar-refractivity contribution in [2.45, 2.75) is 18.9 Å². The Morgan fingerprint density at radius 1 is 1.53 bits per heavy atom. The van der Waals surface area contributed by atoms with Crippen molar-refractivity contribution in [1.29, 1.82) is 0 Å². The Morgan fingerprint density at radius 2 is 2.18 bits per heavy atom. The number of benzene rings is 1. The highest BCUT2D eigenvalue weighted by molar-refractivity contribution is 5.73. The SMILES string of the molecule is COc1ccc(CC(N)C(=O)O)cc1C(F)F. The summed E-state index contributed by atoms with van der Waals surface area (Å²) in [6, 6.07) is 3.01. The van der Waals surface area contributed by atoms with Crippen LogP contribution in [0.1, 0.15) is 17.6 Å². The van der Waals surface area contributed by atoms with E-state index in [9.17, 15) is 13.6 Å². The van der Waals surface area contributed by atoms with Gasteiger partial charge in [-0.15, -0.1) is 0 Å². The second kappa shape index (κ2) is 5.58. The predicted molar refractivity (Wildman–Crippen MR) is 57.3 cm³/mol. The summed E-state index contributed by atoms with van der Waals surface area (Å²) in [4.78, 5) is 10.5. The quantitative estimate of drug-likeness (QED) is 0.826. The number of halogens is 2. The zero-order chi connectivity index (χ0) is 13.0. The second-order valence-electron chi connectivity index (χ2n) is 3.53. The maximum Gasteiger partial charge on any atom is 0.320 e. The first-order chi connectivity index (χ1) is 7.95. The van der Waals surface area contributed by atoms with Gasteiger partial charge in [-0.2, -0.15) is 0 Å². The third-order valence-corrected chi connectivity index (χ3v) is 2.30. The molecule has 0 spiro atoms. The van der Waals surface area contributed by atoms with Gasteiger partial charge in [0.1, 0.15) is 11.8 Å². The molecule has 1 rings (SSSR count). The van der Waals surface area contributed by atoms with E-state index in [1.807, 2.05) is 0 Å². The third-order valence-electron chi connectivity index (χ3n) is 2.30. The average Bonchev–Trinajstić information content (AvgIpc) is 2.28. The van der Waals surface area contributed by atoms with Crippen LogP contribution in [0.5, 0.6) is 5.75 Å². The number of hydrogen-bond acceptors (Lipinski definition) is 3. The smallest absolute Gasteiger partial charge is 0.320 e. The molecule has 94 valence electrons. The fourth-order valence-corrected chi connectivity index (χ4v) is 1.42. The van der Waals surface area contributed by atoms with Crippen molar-refractivity contribution >= 4 is 5.97 Å². The monoisotopic (exact) mass is 245 g/mol. The molecule has 0 aliphatic heterocycles. The van der Waals surface area contributed by atoms with Gasteiger partial charge in [0.2, 0.25) is 0 Å². The molecule has 0 bridgehead atoms. The lowest BCUT2D eigenvalue weighted by Crippen LogP contribution is -2.32. The fourth-order valence-electron chi connectivity index (χ4n) is 1.42. The molecule has 17 heavy (non-hydrogen) atoms. The van der Waals surface area contributed by atoms with Gasteiger partial charge < -0.3 is 15.6 Å². The zero-order valence-corrected chi connectivity index (χ0v) is 9.19. The number of ether oxygens (including phenoxy) is 1. The molecule has 0 saturated heterocycles. The summed E-state index contributed by atoms with van der Waals surface area (Å²) in [5.74, 6) is -1.09. The topological polar surface area (TPSA) is 72.5 Å². The van der Waals surface area contributed by atoms with E-state index in [1.165, 1.54) is 25.3 Å². The molecule has 0 radical (unpaired) electrons. The van der Waals surface area contributed by atoms with Gasteiger partial charge in [0, 0.05) is 0 Å². The molecule has 4 nitrogen and oxygen atoms in total. The van der Waals surface area contributed by atoms with E-state index in [1.54, 1.807) is 0 Å². The van der Waals surface area contributed by atoms with Crippen LogP contribution in [-0.2, 0) is 11.2 Å². The van der Waals surface area contributed by atoms with Crippen LogP contribution in [0.4, 0.5) is 8.78 Å². The highest BCUT2D eigenvalue weighted by Crippen LogP contribution is 2.29. The molecule has 0 saturated carbocycles. The second-order valence-corrected chi connectivity index (χ2v) is 3.53. The van der Waals surface area contributed by atoms with E-state index in [4.69, 9.17) is 15.6 Å². The number of carboxylic acid groups (broad SMARTS) is 1. The molecule has 0 aliphatic rings. The van der Waals surface area contributed by atoms with Crippen LogP contribution in [0.3, 0.4) is 0 Å². The number of carbonyl (C=O) groups is 1. The van der Waals surface area contributed by atoms with E-state index in [0.717, 1.165) is 0 Å². The first-order valence-corrected chi connectivity index (χ1v) is 4.89. The van der Waals surface area contributed by atoms with Crippen molar-refractivity contribution in [2.75, 3.05) is 7.11 Å². The largest absolute Gasteiger partial charge is 0.496 e. The molecule has 1 aromatic carbocycles. The van der Waals surface area contributed by atoms with E-state index in [0.29, 0.717) is 5.56 Å². The first-order valence-electron chi connectivity index (χ1n) is 4.89. The number of aliphatic carboxylic acids is 1. The summed E-state index contributed by atoms with van der Waals surface area (Å²) >= 11 is 0. The lowest BCUT2D eigenvalue weighted by molar-refractivity contribution is -0.138. The summed E-state index contributed by atoms with van der Waals surface area (Å²) in [6.07, 6.45) is -2.68. The molecule has 1 unspecified atom stereocenters. The Labute approximate surface area is 97.0 Å². The van der Waals surface area contributed by atoms with Crippen LogP contribution in [0.25, 0.3) is 0 Å². The molecule has 0 fully saturated rings. The lowest BCUT2D eigenvalue weighted by Gasteiger charge is -2.11. The van der Waals surface area contributed by atoms with Gasteiger partial charge in [-0.1, -0.05) is 6.07 Å². The fraction of sp³-hybridized carbons (Fsp3) is 0.364. The summed E-state index contributed by atoms with van der Waals surface area (Å²) in [5, 5.41) is 8.62. The first kappa shape index (κ1) is 13.4. The lowest BCUT2D eigenvalue weighted by atomic mass is 10.0. The van der Waals surface area contributed by atoms with Gasteiger partial charge in [-0.25, -0.2) is 8.78 Å². The summed E-state index contributed by atoms with van der Waals surface area (Å²) in [5.41, 5.74) is 5.51. The number of alkyl halides is 2. The van der Waals surface area contributed by atoms with Crippen LogP contribution in [0.15, 0.2) is 18.2 Å².